The molecule has 4 nitrogen and oxygen atoms in total. The molecule has 1 aromatic rings. The Kier molecular flexibility index (Phi) is 2.37. The highest BCUT2D eigenvalue weighted by atomic mass is 19.1. The average Bonchev–Trinajstić information content (AvgIpc) is 2.67. The SMILES string of the molecule is O=C(O)C1=NCC(c2ccccc2F)O1. The van der Waals surface area contributed by atoms with Gasteiger partial charge in [-0.2, -0.15) is 0 Å². The highest BCUT2D eigenvalue weighted by molar-refractivity contribution is 6.32. The number of ether oxygens (including phenoxy) is 1. The summed E-state index contributed by atoms with van der Waals surface area (Å²) < 4.78 is 18.3. The predicted molar refractivity (Wildman–Crippen MR) is 50.2 cm³/mol. The molecule has 2 rings (SSSR count). The zero-order valence-electron chi connectivity index (χ0n) is 7.68. The van der Waals surface area contributed by atoms with Gasteiger partial charge in [0, 0.05) is 5.56 Å². The second-order valence-electron chi connectivity index (χ2n) is 3.08. The molecule has 0 saturated carbocycles. The Balaban J connectivity index is 2.17. The van der Waals surface area contributed by atoms with Crippen LogP contribution in [-0.2, 0) is 9.53 Å². The van der Waals surface area contributed by atoms with Gasteiger partial charge in [-0.1, -0.05) is 18.2 Å². The summed E-state index contributed by atoms with van der Waals surface area (Å²) >= 11 is 0. The van der Waals surface area contributed by atoms with E-state index in [-0.39, 0.29) is 12.4 Å². The minimum Gasteiger partial charge on any atom is -0.474 e. The van der Waals surface area contributed by atoms with E-state index in [2.05, 4.69) is 4.99 Å². The van der Waals surface area contributed by atoms with Crippen molar-refractivity contribution in [1.29, 1.82) is 0 Å². The fourth-order valence-electron chi connectivity index (χ4n) is 1.39. The molecule has 5 heteroatoms. The highest BCUT2D eigenvalue weighted by Crippen LogP contribution is 2.24. The van der Waals surface area contributed by atoms with Crippen molar-refractivity contribution in [3.63, 3.8) is 0 Å². The summed E-state index contributed by atoms with van der Waals surface area (Å²) in [5.74, 6) is -2.00. The normalized spacial score (nSPS) is 19.5. The van der Waals surface area contributed by atoms with Crippen LogP contribution < -0.4 is 0 Å². The molecule has 0 radical (unpaired) electrons. The van der Waals surface area contributed by atoms with E-state index in [0.29, 0.717) is 5.56 Å². The third-order valence-corrected chi connectivity index (χ3v) is 2.09. The topological polar surface area (TPSA) is 58.9 Å². The molecule has 1 unspecified atom stereocenters. The van der Waals surface area contributed by atoms with Crippen LogP contribution in [0.15, 0.2) is 29.3 Å². The molecule has 1 N–H and O–H groups in total. The van der Waals surface area contributed by atoms with Crippen LogP contribution in [0.4, 0.5) is 4.39 Å². The molecule has 0 spiro atoms. The quantitative estimate of drug-likeness (QED) is 0.800. The number of aliphatic imine (C=N–C) groups is 1. The molecule has 0 aromatic heterocycles. The van der Waals surface area contributed by atoms with Crippen LogP contribution >= 0.6 is 0 Å². The molecule has 0 amide bonds. The van der Waals surface area contributed by atoms with Crippen molar-refractivity contribution in [2.75, 3.05) is 6.54 Å². The Bertz CT molecular complexity index is 430. The van der Waals surface area contributed by atoms with Crippen LogP contribution in [0.2, 0.25) is 0 Å². The number of aliphatic carboxylic acids is 1. The molecule has 0 saturated heterocycles. The molecule has 78 valence electrons. The summed E-state index contributed by atoms with van der Waals surface area (Å²) in [4.78, 5) is 14.2. The van der Waals surface area contributed by atoms with Crippen molar-refractivity contribution in [1.82, 2.24) is 0 Å². The molecule has 1 aromatic carbocycles. The van der Waals surface area contributed by atoms with Crippen molar-refractivity contribution in [3.8, 4) is 0 Å². The highest BCUT2D eigenvalue weighted by Gasteiger charge is 2.27. The van der Waals surface area contributed by atoms with E-state index in [1.54, 1.807) is 18.2 Å². The standard InChI is InChI=1S/C10H8FNO3/c11-7-4-2-1-3-6(7)8-5-12-9(15-8)10(13)14/h1-4,8H,5H2,(H,13,14). The molecule has 0 bridgehead atoms. The number of halogens is 1. The van der Waals surface area contributed by atoms with E-state index in [9.17, 15) is 9.18 Å². The van der Waals surface area contributed by atoms with E-state index in [1.165, 1.54) is 6.07 Å². The fourth-order valence-corrected chi connectivity index (χ4v) is 1.39. The number of benzene rings is 1. The van der Waals surface area contributed by atoms with Gasteiger partial charge in [0.1, 0.15) is 11.9 Å². The Morgan fingerprint density at radius 3 is 2.87 bits per heavy atom. The first-order chi connectivity index (χ1) is 7.18. The van der Waals surface area contributed by atoms with Gasteiger partial charge >= 0.3 is 5.97 Å². The minimum atomic E-state index is -1.23. The number of rotatable bonds is 2. The summed E-state index contributed by atoms with van der Waals surface area (Å²) in [6.45, 7) is 0.141. The molecule has 1 atom stereocenters. The van der Waals surface area contributed by atoms with Crippen LogP contribution in [0.5, 0.6) is 0 Å². The Morgan fingerprint density at radius 2 is 2.27 bits per heavy atom. The van der Waals surface area contributed by atoms with E-state index in [4.69, 9.17) is 9.84 Å². The minimum absolute atomic E-state index is 0.141. The van der Waals surface area contributed by atoms with Crippen molar-refractivity contribution in [2.24, 2.45) is 4.99 Å². The number of hydrogen-bond donors (Lipinski definition) is 1. The fraction of sp³-hybridized carbons (Fsp3) is 0.200. The molecule has 15 heavy (non-hydrogen) atoms. The Hall–Kier alpha value is -1.91. The van der Waals surface area contributed by atoms with Gasteiger partial charge in [0.15, 0.2) is 0 Å². The third-order valence-electron chi connectivity index (χ3n) is 2.09. The van der Waals surface area contributed by atoms with Gasteiger partial charge in [0.05, 0.1) is 6.54 Å². The lowest BCUT2D eigenvalue weighted by Gasteiger charge is -2.10. The van der Waals surface area contributed by atoms with E-state index in [1.807, 2.05) is 0 Å². The zero-order chi connectivity index (χ0) is 10.8. The van der Waals surface area contributed by atoms with E-state index < -0.39 is 17.9 Å². The third kappa shape index (κ3) is 1.81. The van der Waals surface area contributed by atoms with Gasteiger partial charge in [0.25, 0.3) is 5.90 Å². The smallest absolute Gasteiger partial charge is 0.391 e. The number of carbonyl (C=O) groups is 1. The van der Waals surface area contributed by atoms with Crippen LogP contribution in [0.1, 0.15) is 11.7 Å². The monoisotopic (exact) mass is 209 g/mol. The average molecular weight is 209 g/mol. The van der Waals surface area contributed by atoms with Gasteiger partial charge in [-0.25, -0.2) is 14.2 Å². The molecule has 1 aliphatic heterocycles. The molecular weight excluding hydrogens is 201 g/mol. The van der Waals surface area contributed by atoms with Crippen LogP contribution in [0.3, 0.4) is 0 Å². The van der Waals surface area contributed by atoms with Crippen LogP contribution in [-0.4, -0.2) is 23.5 Å². The number of carboxylic acid groups (broad SMARTS) is 1. The van der Waals surface area contributed by atoms with Gasteiger partial charge in [0.2, 0.25) is 0 Å². The maximum atomic E-state index is 13.3. The summed E-state index contributed by atoms with van der Waals surface area (Å²) in [5, 5.41) is 8.60. The lowest BCUT2D eigenvalue weighted by atomic mass is 10.1. The number of carboxylic acids is 1. The van der Waals surface area contributed by atoms with Crippen molar-refractivity contribution in [3.05, 3.63) is 35.6 Å². The predicted octanol–water partition coefficient (Wildman–Crippen LogP) is 1.38. The van der Waals surface area contributed by atoms with Crippen molar-refractivity contribution >= 4 is 11.9 Å². The second-order valence-corrected chi connectivity index (χ2v) is 3.08. The van der Waals surface area contributed by atoms with Crippen LogP contribution in [0.25, 0.3) is 0 Å². The molecule has 1 aliphatic rings. The summed E-state index contributed by atoms with van der Waals surface area (Å²) in [7, 11) is 0. The first kappa shape index (κ1) is 9.64. The first-order valence-corrected chi connectivity index (χ1v) is 4.37. The van der Waals surface area contributed by atoms with Crippen molar-refractivity contribution in [2.45, 2.75) is 6.10 Å². The molecule has 1 heterocycles. The van der Waals surface area contributed by atoms with Gasteiger partial charge in [-0.15, -0.1) is 0 Å². The maximum Gasteiger partial charge on any atom is 0.391 e. The molecular formula is C10H8FNO3. The summed E-state index contributed by atoms with van der Waals surface area (Å²) in [5.41, 5.74) is 0.331. The van der Waals surface area contributed by atoms with Crippen molar-refractivity contribution < 1.29 is 19.0 Å². The Labute approximate surface area is 85.0 Å². The second kappa shape index (κ2) is 3.68. The lowest BCUT2D eigenvalue weighted by Crippen LogP contribution is -2.14. The number of hydrogen-bond acceptors (Lipinski definition) is 3. The van der Waals surface area contributed by atoms with Gasteiger partial charge < -0.3 is 9.84 Å². The molecule has 0 aliphatic carbocycles. The summed E-state index contributed by atoms with van der Waals surface area (Å²) in [6, 6.07) is 6.09. The first-order valence-electron chi connectivity index (χ1n) is 4.37. The lowest BCUT2D eigenvalue weighted by molar-refractivity contribution is -0.131. The van der Waals surface area contributed by atoms with Crippen LogP contribution in [0, 0.1) is 5.82 Å². The molecule has 0 fully saturated rings. The zero-order valence-corrected chi connectivity index (χ0v) is 7.68. The van der Waals surface area contributed by atoms with E-state index >= 15 is 0 Å². The van der Waals surface area contributed by atoms with Gasteiger partial charge in [-0.05, 0) is 6.07 Å². The Morgan fingerprint density at radius 1 is 1.53 bits per heavy atom. The largest absolute Gasteiger partial charge is 0.474 e. The van der Waals surface area contributed by atoms with E-state index in [0.717, 1.165) is 0 Å². The summed E-state index contributed by atoms with van der Waals surface area (Å²) in [6.07, 6.45) is -0.628. The number of nitrogens with zero attached hydrogens (tertiary/aromatic N) is 1. The van der Waals surface area contributed by atoms with Gasteiger partial charge in [-0.3, -0.25) is 0 Å². The maximum absolute atomic E-state index is 13.3.